The van der Waals surface area contributed by atoms with Gasteiger partial charge in [-0.15, -0.1) is 0 Å². The molecule has 1 saturated carbocycles. The van der Waals surface area contributed by atoms with Gasteiger partial charge >= 0.3 is 0 Å². The van der Waals surface area contributed by atoms with Gasteiger partial charge in [-0.05, 0) is 17.9 Å². The standard InChI is InChI=1S/C16H20N2O2/c19-15-11-17-16(20)14(10-13-4-2-1-3-5-13)18(15)9-8-12-6-7-12/h1-5,12,14H,6-11H2,(H,17,20). The smallest absolute Gasteiger partial charge is 0.243 e. The maximum absolute atomic E-state index is 12.1. The van der Waals surface area contributed by atoms with Crippen molar-refractivity contribution in [1.82, 2.24) is 10.2 Å². The molecule has 0 spiro atoms. The monoisotopic (exact) mass is 272 g/mol. The molecule has 2 fully saturated rings. The predicted octanol–water partition coefficient (Wildman–Crippen LogP) is 1.36. The number of rotatable bonds is 5. The van der Waals surface area contributed by atoms with E-state index in [9.17, 15) is 9.59 Å². The highest BCUT2D eigenvalue weighted by Gasteiger charge is 2.35. The highest BCUT2D eigenvalue weighted by atomic mass is 16.2. The molecule has 4 heteroatoms. The van der Waals surface area contributed by atoms with Crippen LogP contribution in [0.2, 0.25) is 0 Å². The molecule has 1 aliphatic heterocycles. The Bertz CT molecular complexity index is 496. The van der Waals surface area contributed by atoms with Crippen molar-refractivity contribution in [3.05, 3.63) is 35.9 Å². The van der Waals surface area contributed by atoms with Crippen LogP contribution in [0.25, 0.3) is 0 Å². The lowest BCUT2D eigenvalue weighted by Crippen LogP contribution is -2.59. The van der Waals surface area contributed by atoms with Crippen LogP contribution in [0.15, 0.2) is 30.3 Å². The lowest BCUT2D eigenvalue weighted by Gasteiger charge is -2.35. The summed E-state index contributed by atoms with van der Waals surface area (Å²) in [6, 6.07) is 9.55. The second-order valence-corrected chi connectivity index (χ2v) is 5.74. The van der Waals surface area contributed by atoms with Crippen LogP contribution in [0.5, 0.6) is 0 Å². The zero-order chi connectivity index (χ0) is 13.9. The molecule has 2 aliphatic rings. The fraction of sp³-hybridized carbons (Fsp3) is 0.500. The Morgan fingerprint density at radius 1 is 1.15 bits per heavy atom. The van der Waals surface area contributed by atoms with Gasteiger partial charge in [0, 0.05) is 13.0 Å². The average Bonchev–Trinajstić information content (AvgIpc) is 3.28. The molecule has 1 atom stereocenters. The normalized spacial score (nSPS) is 22.8. The summed E-state index contributed by atoms with van der Waals surface area (Å²) >= 11 is 0. The Balaban J connectivity index is 1.71. The second kappa shape index (κ2) is 5.65. The molecule has 4 nitrogen and oxygen atoms in total. The van der Waals surface area contributed by atoms with Crippen LogP contribution in [0.3, 0.4) is 0 Å². The van der Waals surface area contributed by atoms with Crippen LogP contribution in [0, 0.1) is 5.92 Å². The molecule has 1 heterocycles. The first-order valence-corrected chi connectivity index (χ1v) is 7.35. The first-order valence-electron chi connectivity index (χ1n) is 7.35. The van der Waals surface area contributed by atoms with E-state index in [0.29, 0.717) is 13.0 Å². The van der Waals surface area contributed by atoms with Crippen LogP contribution < -0.4 is 5.32 Å². The summed E-state index contributed by atoms with van der Waals surface area (Å²) < 4.78 is 0. The number of hydrogen-bond acceptors (Lipinski definition) is 2. The Hall–Kier alpha value is -1.84. The Labute approximate surface area is 119 Å². The first-order chi connectivity index (χ1) is 9.74. The molecule has 0 bridgehead atoms. The van der Waals surface area contributed by atoms with E-state index in [1.165, 1.54) is 12.8 Å². The lowest BCUT2D eigenvalue weighted by molar-refractivity contribution is -0.145. The van der Waals surface area contributed by atoms with E-state index in [2.05, 4.69) is 5.32 Å². The fourth-order valence-electron chi connectivity index (χ4n) is 2.75. The van der Waals surface area contributed by atoms with Gasteiger partial charge in [0.15, 0.2) is 0 Å². The maximum Gasteiger partial charge on any atom is 0.243 e. The Kier molecular flexibility index (Phi) is 3.72. The number of nitrogens with one attached hydrogen (secondary N) is 1. The number of amides is 2. The van der Waals surface area contributed by atoms with Crippen molar-refractivity contribution in [2.75, 3.05) is 13.1 Å². The van der Waals surface area contributed by atoms with E-state index in [1.54, 1.807) is 4.90 Å². The summed E-state index contributed by atoms with van der Waals surface area (Å²) in [6.07, 6.45) is 4.18. The van der Waals surface area contributed by atoms with Gasteiger partial charge in [-0.1, -0.05) is 43.2 Å². The van der Waals surface area contributed by atoms with Crippen molar-refractivity contribution in [1.29, 1.82) is 0 Å². The Morgan fingerprint density at radius 3 is 2.60 bits per heavy atom. The van der Waals surface area contributed by atoms with Crippen molar-refractivity contribution >= 4 is 11.8 Å². The maximum atomic E-state index is 12.1. The van der Waals surface area contributed by atoms with Crippen molar-refractivity contribution < 1.29 is 9.59 Å². The first kappa shape index (κ1) is 13.2. The van der Waals surface area contributed by atoms with Crippen molar-refractivity contribution in [3.8, 4) is 0 Å². The Morgan fingerprint density at radius 2 is 1.90 bits per heavy atom. The van der Waals surface area contributed by atoms with Crippen LogP contribution >= 0.6 is 0 Å². The third kappa shape index (κ3) is 3.00. The summed E-state index contributed by atoms with van der Waals surface area (Å²) in [5, 5.41) is 2.71. The average molecular weight is 272 g/mol. The van der Waals surface area contributed by atoms with E-state index >= 15 is 0 Å². The number of piperazine rings is 1. The van der Waals surface area contributed by atoms with E-state index in [1.807, 2.05) is 30.3 Å². The molecule has 20 heavy (non-hydrogen) atoms. The summed E-state index contributed by atoms with van der Waals surface area (Å²) in [6.45, 7) is 0.864. The number of nitrogens with zero attached hydrogens (tertiary/aromatic N) is 1. The van der Waals surface area contributed by atoms with Gasteiger partial charge in [0.1, 0.15) is 6.04 Å². The number of benzene rings is 1. The van der Waals surface area contributed by atoms with Crippen LogP contribution in [-0.2, 0) is 16.0 Å². The molecule has 3 rings (SSSR count). The van der Waals surface area contributed by atoms with Gasteiger partial charge in [0.2, 0.25) is 11.8 Å². The van der Waals surface area contributed by atoms with E-state index < -0.39 is 0 Å². The summed E-state index contributed by atoms with van der Waals surface area (Å²) in [7, 11) is 0. The molecule has 0 aromatic heterocycles. The minimum Gasteiger partial charge on any atom is -0.345 e. The minimum absolute atomic E-state index is 0.0238. The van der Waals surface area contributed by atoms with Crippen molar-refractivity contribution in [2.24, 2.45) is 5.92 Å². The van der Waals surface area contributed by atoms with E-state index in [4.69, 9.17) is 0 Å². The highest BCUT2D eigenvalue weighted by Crippen LogP contribution is 2.32. The summed E-state index contributed by atoms with van der Waals surface area (Å²) in [5.41, 5.74) is 1.10. The third-order valence-electron chi connectivity index (χ3n) is 4.16. The number of hydrogen-bond donors (Lipinski definition) is 1. The predicted molar refractivity (Wildman–Crippen MR) is 76.0 cm³/mol. The molecule has 1 saturated heterocycles. The fourth-order valence-corrected chi connectivity index (χ4v) is 2.75. The van der Waals surface area contributed by atoms with E-state index in [0.717, 1.165) is 17.9 Å². The highest BCUT2D eigenvalue weighted by molar-refractivity contribution is 5.95. The topological polar surface area (TPSA) is 49.4 Å². The largest absolute Gasteiger partial charge is 0.345 e. The van der Waals surface area contributed by atoms with Gasteiger partial charge in [-0.3, -0.25) is 9.59 Å². The molecule has 106 valence electrons. The molecule has 1 aliphatic carbocycles. The van der Waals surface area contributed by atoms with Crippen molar-refractivity contribution in [2.45, 2.75) is 31.7 Å². The van der Waals surface area contributed by atoms with Crippen LogP contribution in [0.4, 0.5) is 0 Å². The molecule has 1 aromatic carbocycles. The van der Waals surface area contributed by atoms with Gasteiger partial charge in [0.05, 0.1) is 6.54 Å². The van der Waals surface area contributed by atoms with Gasteiger partial charge in [0.25, 0.3) is 0 Å². The zero-order valence-electron chi connectivity index (χ0n) is 11.5. The molecular weight excluding hydrogens is 252 g/mol. The van der Waals surface area contributed by atoms with E-state index in [-0.39, 0.29) is 24.4 Å². The molecule has 1 N–H and O–H groups in total. The number of carbonyl (C=O) groups excluding carboxylic acids is 2. The third-order valence-corrected chi connectivity index (χ3v) is 4.16. The van der Waals surface area contributed by atoms with Crippen molar-refractivity contribution in [3.63, 3.8) is 0 Å². The number of carbonyl (C=O) groups is 2. The summed E-state index contributed by atoms with van der Waals surface area (Å²) in [4.78, 5) is 26.0. The van der Waals surface area contributed by atoms with Gasteiger partial charge in [-0.2, -0.15) is 0 Å². The minimum atomic E-state index is -0.350. The summed E-state index contributed by atoms with van der Waals surface area (Å²) in [5.74, 6) is 0.792. The van der Waals surface area contributed by atoms with Gasteiger partial charge in [-0.25, -0.2) is 0 Å². The molecule has 1 unspecified atom stereocenters. The molecule has 1 aromatic rings. The SMILES string of the molecule is O=C1NCC(=O)N(CCC2CC2)C1Cc1ccccc1. The van der Waals surface area contributed by atoms with Crippen LogP contribution in [-0.4, -0.2) is 35.8 Å². The molecule has 0 radical (unpaired) electrons. The molecule has 2 amide bonds. The zero-order valence-corrected chi connectivity index (χ0v) is 11.5. The second-order valence-electron chi connectivity index (χ2n) is 5.74. The van der Waals surface area contributed by atoms with Crippen LogP contribution in [0.1, 0.15) is 24.8 Å². The quantitative estimate of drug-likeness (QED) is 0.880. The molecular formula is C16H20N2O2. The lowest BCUT2D eigenvalue weighted by atomic mass is 10.0. The van der Waals surface area contributed by atoms with Gasteiger partial charge < -0.3 is 10.2 Å².